The molecule has 29 heavy (non-hydrogen) atoms. The molecule has 8 heteroatoms. The largest absolute Gasteiger partial charge is 0.468 e. The lowest BCUT2D eigenvalue weighted by Gasteiger charge is -2.24. The Balaban J connectivity index is 2.12. The second-order valence-electron chi connectivity index (χ2n) is 7.73. The van der Waals surface area contributed by atoms with Crippen molar-refractivity contribution in [1.29, 1.82) is 0 Å². The molecule has 8 nitrogen and oxygen atoms in total. The predicted molar refractivity (Wildman–Crippen MR) is 107 cm³/mol. The van der Waals surface area contributed by atoms with E-state index < -0.39 is 17.4 Å². The van der Waals surface area contributed by atoms with Crippen molar-refractivity contribution in [3.63, 3.8) is 0 Å². The van der Waals surface area contributed by atoms with E-state index in [4.69, 9.17) is 4.74 Å². The molecule has 1 aliphatic rings. The van der Waals surface area contributed by atoms with Gasteiger partial charge in [-0.1, -0.05) is 32.0 Å². The maximum atomic E-state index is 13.1. The molecule has 1 aliphatic heterocycles. The van der Waals surface area contributed by atoms with Gasteiger partial charge in [0.2, 0.25) is 0 Å². The molecule has 0 bridgehead atoms. The molecular formula is C21H23N3O5. The number of hydrogen-bond acceptors (Lipinski definition) is 5. The van der Waals surface area contributed by atoms with Gasteiger partial charge in [0.25, 0.3) is 17.4 Å². The van der Waals surface area contributed by atoms with Crippen LogP contribution in [-0.4, -0.2) is 36.0 Å². The Labute approximate surface area is 167 Å². The van der Waals surface area contributed by atoms with Crippen LogP contribution in [0.2, 0.25) is 0 Å². The van der Waals surface area contributed by atoms with E-state index in [2.05, 4.69) is 10.6 Å². The van der Waals surface area contributed by atoms with Crippen LogP contribution in [0.15, 0.2) is 41.2 Å². The van der Waals surface area contributed by atoms with E-state index in [-0.39, 0.29) is 29.1 Å². The minimum Gasteiger partial charge on any atom is -0.468 e. The Morgan fingerprint density at radius 3 is 2.55 bits per heavy atom. The van der Waals surface area contributed by atoms with Gasteiger partial charge in [-0.25, -0.2) is 0 Å². The first-order valence-corrected chi connectivity index (χ1v) is 9.20. The number of pyridine rings is 1. The van der Waals surface area contributed by atoms with Gasteiger partial charge in [-0.3, -0.25) is 23.7 Å². The standard InChI is InChI=1S/C21H23N3O5/c1-21(2)10-16-14(19(27)22-12-21)9-15(20(28)24(16)11-17(25)29-3)23-18(26)13-7-5-4-6-8-13/h4-9H,10-12H2,1-3H3,(H,22,27)(H,23,26). The SMILES string of the molecule is COC(=O)Cn1c2c(cc(NC(=O)c3ccccc3)c1=O)C(=O)NCC(C)(C)C2. The highest BCUT2D eigenvalue weighted by Crippen LogP contribution is 2.27. The van der Waals surface area contributed by atoms with E-state index >= 15 is 0 Å². The summed E-state index contributed by atoms with van der Waals surface area (Å²) in [5.41, 5.74) is 0.104. The third-order valence-electron chi connectivity index (χ3n) is 4.82. The monoisotopic (exact) mass is 397 g/mol. The zero-order valence-electron chi connectivity index (χ0n) is 16.6. The van der Waals surface area contributed by atoms with Crippen molar-refractivity contribution in [2.24, 2.45) is 5.41 Å². The minimum atomic E-state index is -0.622. The summed E-state index contributed by atoms with van der Waals surface area (Å²) < 4.78 is 5.93. The van der Waals surface area contributed by atoms with Crippen molar-refractivity contribution >= 4 is 23.5 Å². The molecule has 0 aliphatic carbocycles. The van der Waals surface area contributed by atoms with Crippen LogP contribution in [0.5, 0.6) is 0 Å². The molecule has 2 heterocycles. The van der Waals surface area contributed by atoms with Gasteiger partial charge in [0.05, 0.1) is 12.7 Å². The van der Waals surface area contributed by atoms with Gasteiger partial charge in [-0.15, -0.1) is 0 Å². The van der Waals surface area contributed by atoms with Crippen LogP contribution in [0.3, 0.4) is 0 Å². The van der Waals surface area contributed by atoms with Crippen LogP contribution in [0.25, 0.3) is 0 Å². The molecule has 0 fully saturated rings. The number of benzene rings is 1. The highest BCUT2D eigenvalue weighted by atomic mass is 16.5. The summed E-state index contributed by atoms with van der Waals surface area (Å²) in [5.74, 6) is -1.47. The zero-order valence-corrected chi connectivity index (χ0v) is 16.6. The molecule has 0 atom stereocenters. The normalized spacial score (nSPS) is 14.9. The maximum Gasteiger partial charge on any atom is 0.325 e. The van der Waals surface area contributed by atoms with E-state index in [1.165, 1.54) is 17.7 Å². The number of ether oxygens (including phenoxy) is 1. The van der Waals surface area contributed by atoms with Crippen molar-refractivity contribution < 1.29 is 19.1 Å². The van der Waals surface area contributed by atoms with E-state index in [0.29, 0.717) is 24.2 Å². The molecule has 1 aromatic heterocycles. The Hall–Kier alpha value is -3.42. The van der Waals surface area contributed by atoms with Gasteiger partial charge in [-0.05, 0) is 30.0 Å². The highest BCUT2D eigenvalue weighted by molar-refractivity contribution is 6.05. The first-order valence-electron chi connectivity index (χ1n) is 9.20. The third kappa shape index (κ3) is 4.37. The molecule has 2 aromatic rings. The number of methoxy groups -OCH3 is 1. The van der Waals surface area contributed by atoms with Crippen LogP contribution in [0, 0.1) is 5.41 Å². The fourth-order valence-electron chi connectivity index (χ4n) is 3.26. The second-order valence-corrected chi connectivity index (χ2v) is 7.73. The van der Waals surface area contributed by atoms with Gasteiger partial charge >= 0.3 is 5.97 Å². The second kappa shape index (κ2) is 7.90. The highest BCUT2D eigenvalue weighted by Gasteiger charge is 2.31. The lowest BCUT2D eigenvalue weighted by molar-refractivity contribution is -0.141. The van der Waals surface area contributed by atoms with E-state index in [9.17, 15) is 19.2 Å². The number of carbonyl (C=O) groups is 3. The van der Waals surface area contributed by atoms with Crippen molar-refractivity contribution in [3.05, 3.63) is 63.6 Å². The van der Waals surface area contributed by atoms with E-state index in [1.807, 2.05) is 13.8 Å². The number of amides is 2. The molecule has 2 N–H and O–H groups in total. The lowest BCUT2D eigenvalue weighted by Crippen LogP contribution is -2.33. The number of hydrogen-bond donors (Lipinski definition) is 2. The topological polar surface area (TPSA) is 106 Å². The number of aromatic nitrogens is 1. The fraction of sp³-hybridized carbons (Fsp3) is 0.333. The van der Waals surface area contributed by atoms with Gasteiger partial charge in [0, 0.05) is 17.8 Å². The number of esters is 1. The van der Waals surface area contributed by atoms with Crippen molar-refractivity contribution in [1.82, 2.24) is 9.88 Å². The van der Waals surface area contributed by atoms with Crippen LogP contribution < -0.4 is 16.2 Å². The summed E-state index contributed by atoms with van der Waals surface area (Å²) in [4.78, 5) is 50.2. The summed E-state index contributed by atoms with van der Waals surface area (Å²) in [7, 11) is 1.23. The Kier molecular flexibility index (Phi) is 5.54. The average molecular weight is 397 g/mol. The van der Waals surface area contributed by atoms with E-state index in [0.717, 1.165) is 0 Å². The molecule has 0 unspecified atom stereocenters. The van der Waals surface area contributed by atoms with Gasteiger partial charge < -0.3 is 15.4 Å². The average Bonchev–Trinajstić information content (AvgIpc) is 2.81. The molecule has 0 spiro atoms. The minimum absolute atomic E-state index is 0.0728. The summed E-state index contributed by atoms with van der Waals surface area (Å²) in [6.45, 7) is 3.98. The number of nitrogens with zero attached hydrogens (tertiary/aromatic N) is 1. The van der Waals surface area contributed by atoms with Crippen LogP contribution in [0.4, 0.5) is 5.69 Å². The predicted octanol–water partition coefficient (Wildman–Crippen LogP) is 1.59. The fourth-order valence-corrected chi connectivity index (χ4v) is 3.26. The summed E-state index contributed by atoms with van der Waals surface area (Å²) in [6.07, 6.45) is 0.403. The van der Waals surface area contributed by atoms with Gasteiger partial charge in [-0.2, -0.15) is 0 Å². The molecule has 2 amide bonds. The van der Waals surface area contributed by atoms with Gasteiger partial charge in [0.1, 0.15) is 12.2 Å². The quantitative estimate of drug-likeness (QED) is 0.762. The number of anilines is 1. The Morgan fingerprint density at radius 2 is 1.90 bits per heavy atom. The molecule has 0 saturated carbocycles. The first kappa shape index (κ1) is 20.3. The molecule has 0 saturated heterocycles. The lowest BCUT2D eigenvalue weighted by atomic mass is 9.87. The maximum absolute atomic E-state index is 13.1. The van der Waals surface area contributed by atoms with Crippen LogP contribution >= 0.6 is 0 Å². The molecule has 1 aromatic carbocycles. The molecule has 3 rings (SSSR count). The number of fused-ring (bicyclic) bond motifs is 1. The number of nitrogens with one attached hydrogen (secondary N) is 2. The third-order valence-corrected chi connectivity index (χ3v) is 4.82. The summed E-state index contributed by atoms with van der Waals surface area (Å²) in [5, 5.41) is 5.40. The van der Waals surface area contributed by atoms with E-state index in [1.54, 1.807) is 30.3 Å². The van der Waals surface area contributed by atoms with Gasteiger partial charge in [0.15, 0.2) is 0 Å². The van der Waals surface area contributed by atoms with Crippen LogP contribution in [-0.2, 0) is 22.5 Å². The molecule has 152 valence electrons. The number of rotatable bonds is 4. The smallest absolute Gasteiger partial charge is 0.325 e. The van der Waals surface area contributed by atoms with Crippen molar-refractivity contribution in [2.75, 3.05) is 19.0 Å². The molecule has 0 radical (unpaired) electrons. The van der Waals surface area contributed by atoms with Crippen molar-refractivity contribution in [2.45, 2.75) is 26.8 Å². The Bertz CT molecular complexity index is 1020. The van der Waals surface area contributed by atoms with Crippen LogP contribution in [0.1, 0.15) is 40.3 Å². The first-order chi connectivity index (χ1) is 13.7. The van der Waals surface area contributed by atoms with Crippen molar-refractivity contribution in [3.8, 4) is 0 Å². The number of carbonyl (C=O) groups excluding carboxylic acids is 3. The summed E-state index contributed by atoms with van der Waals surface area (Å²) in [6, 6.07) is 9.79. The Morgan fingerprint density at radius 1 is 1.21 bits per heavy atom. The molecular weight excluding hydrogens is 374 g/mol. The zero-order chi connectivity index (χ0) is 21.2. The summed E-state index contributed by atoms with van der Waals surface area (Å²) >= 11 is 0.